The molecule has 1 amide bonds. The summed E-state index contributed by atoms with van der Waals surface area (Å²) in [5.74, 6) is 0.104. The lowest BCUT2D eigenvalue weighted by Crippen LogP contribution is -2.40. The highest BCUT2D eigenvalue weighted by molar-refractivity contribution is 7.89. The van der Waals surface area contributed by atoms with Gasteiger partial charge in [-0.25, -0.2) is 22.9 Å². The first kappa shape index (κ1) is 22.5. The number of carbonyl (C=O) groups excluding carboxylic acids is 1. The summed E-state index contributed by atoms with van der Waals surface area (Å²) in [5, 5.41) is 10.8. The monoisotopic (exact) mass is 453 g/mol. The van der Waals surface area contributed by atoms with E-state index in [2.05, 4.69) is 9.71 Å². The number of sulfonamides is 1. The summed E-state index contributed by atoms with van der Waals surface area (Å²) in [7, 11) is -3.85. The zero-order chi connectivity index (χ0) is 22.1. The van der Waals surface area contributed by atoms with Crippen LogP contribution >= 0.6 is 11.3 Å². The third-order valence-corrected chi connectivity index (χ3v) is 7.78. The molecule has 0 radical (unpaired) electrons. The molecular formula is C20H27N3O5S2. The molecule has 8 nitrogen and oxygen atoms in total. The molecule has 1 heterocycles. The minimum absolute atomic E-state index is 0.0196. The molecule has 0 bridgehead atoms. The molecule has 0 spiro atoms. The van der Waals surface area contributed by atoms with Crippen LogP contribution in [0.2, 0.25) is 0 Å². The molecule has 2 aromatic rings. The second-order valence-electron chi connectivity index (χ2n) is 8.51. The van der Waals surface area contributed by atoms with Gasteiger partial charge in [-0.05, 0) is 58.6 Å². The Morgan fingerprint density at radius 1 is 1.27 bits per heavy atom. The van der Waals surface area contributed by atoms with Crippen molar-refractivity contribution < 1.29 is 23.1 Å². The van der Waals surface area contributed by atoms with E-state index in [0.717, 1.165) is 35.6 Å². The van der Waals surface area contributed by atoms with Crippen LogP contribution in [0.15, 0.2) is 29.3 Å². The van der Waals surface area contributed by atoms with Gasteiger partial charge >= 0.3 is 6.09 Å². The highest BCUT2D eigenvalue weighted by Gasteiger charge is 2.29. The van der Waals surface area contributed by atoms with E-state index in [-0.39, 0.29) is 22.7 Å². The van der Waals surface area contributed by atoms with Gasteiger partial charge in [0.05, 0.1) is 14.8 Å². The third kappa shape index (κ3) is 5.50. The fourth-order valence-corrected chi connectivity index (χ4v) is 6.44. The Balaban J connectivity index is 1.85. The number of ether oxygens (including phenoxy) is 1. The Morgan fingerprint density at radius 2 is 1.93 bits per heavy atom. The van der Waals surface area contributed by atoms with E-state index in [1.807, 2.05) is 0 Å². The van der Waals surface area contributed by atoms with Gasteiger partial charge in [-0.3, -0.25) is 0 Å². The lowest BCUT2D eigenvalue weighted by molar-refractivity contribution is 0.0787. The molecule has 0 saturated heterocycles. The number of thiazole rings is 1. The number of aromatic hydroxyl groups is 1. The normalized spacial score (nSPS) is 20.1. The first-order chi connectivity index (χ1) is 13.9. The van der Waals surface area contributed by atoms with Crippen molar-refractivity contribution in [2.24, 2.45) is 5.73 Å². The molecule has 10 heteroatoms. The largest absolute Gasteiger partial charge is 0.508 e. The van der Waals surface area contributed by atoms with Crippen molar-refractivity contribution >= 4 is 27.5 Å². The molecule has 0 aliphatic heterocycles. The number of rotatable bonds is 5. The minimum atomic E-state index is -3.85. The molecule has 1 aliphatic rings. The van der Waals surface area contributed by atoms with Crippen molar-refractivity contribution in [1.82, 2.24) is 9.71 Å². The molecule has 1 fully saturated rings. The first-order valence-electron chi connectivity index (χ1n) is 9.74. The number of phenols is 1. The summed E-state index contributed by atoms with van der Waals surface area (Å²) in [5.41, 5.74) is 4.93. The van der Waals surface area contributed by atoms with Crippen molar-refractivity contribution in [3.8, 4) is 16.2 Å². The predicted octanol–water partition coefficient (Wildman–Crippen LogP) is 3.71. The number of phenolic OH excluding ortho intramolecular Hbond substituents is 1. The van der Waals surface area contributed by atoms with Crippen LogP contribution in [-0.2, 0) is 14.8 Å². The lowest BCUT2D eigenvalue weighted by atomic mass is 9.88. The molecule has 3 rings (SSSR count). The number of hydrogen-bond acceptors (Lipinski definition) is 7. The highest BCUT2D eigenvalue weighted by atomic mass is 32.2. The molecule has 1 aromatic heterocycles. The molecule has 164 valence electrons. The summed E-state index contributed by atoms with van der Waals surface area (Å²) in [6, 6.07) is 4.33. The number of aromatic nitrogens is 1. The van der Waals surface area contributed by atoms with Gasteiger partial charge in [-0.1, -0.05) is 0 Å². The molecular weight excluding hydrogens is 426 g/mol. The molecule has 1 aliphatic carbocycles. The minimum Gasteiger partial charge on any atom is -0.508 e. The maximum atomic E-state index is 12.9. The SMILES string of the molecule is CC(C)(C)NS(=O)(=O)c1cc(O)ccc1-c1cnc([C@H]2CC[C@H](OC(N)=O)CC2)s1. The van der Waals surface area contributed by atoms with E-state index in [1.165, 1.54) is 23.5 Å². The lowest BCUT2D eigenvalue weighted by Gasteiger charge is -2.26. The average molecular weight is 454 g/mol. The van der Waals surface area contributed by atoms with Crippen LogP contribution in [0.3, 0.4) is 0 Å². The van der Waals surface area contributed by atoms with Crippen molar-refractivity contribution in [1.29, 1.82) is 0 Å². The number of amides is 1. The Hall–Kier alpha value is -2.17. The maximum absolute atomic E-state index is 12.9. The first-order valence-corrected chi connectivity index (χ1v) is 12.0. The van der Waals surface area contributed by atoms with E-state index in [9.17, 15) is 18.3 Å². The van der Waals surface area contributed by atoms with Crippen LogP contribution in [0.4, 0.5) is 4.79 Å². The van der Waals surface area contributed by atoms with E-state index in [4.69, 9.17) is 10.5 Å². The van der Waals surface area contributed by atoms with Crippen LogP contribution in [-0.4, -0.2) is 36.2 Å². The average Bonchev–Trinajstić information content (AvgIpc) is 3.09. The van der Waals surface area contributed by atoms with E-state index < -0.39 is 21.7 Å². The summed E-state index contributed by atoms with van der Waals surface area (Å²) >= 11 is 1.44. The van der Waals surface area contributed by atoms with Gasteiger partial charge in [0.15, 0.2) is 0 Å². The third-order valence-electron chi connectivity index (χ3n) is 4.79. The van der Waals surface area contributed by atoms with Crippen LogP contribution in [0.5, 0.6) is 5.75 Å². The van der Waals surface area contributed by atoms with E-state index in [1.54, 1.807) is 33.0 Å². The quantitative estimate of drug-likeness (QED) is 0.632. The van der Waals surface area contributed by atoms with Gasteiger partial charge < -0.3 is 15.6 Å². The Morgan fingerprint density at radius 3 is 2.53 bits per heavy atom. The Kier molecular flexibility index (Phi) is 6.40. The second-order valence-corrected chi connectivity index (χ2v) is 11.2. The summed E-state index contributed by atoms with van der Waals surface area (Å²) < 4.78 is 33.6. The number of carbonyl (C=O) groups is 1. The summed E-state index contributed by atoms with van der Waals surface area (Å²) in [6.45, 7) is 5.28. The Bertz CT molecular complexity index is 1020. The molecule has 0 unspecified atom stereocenters. The molecule has 4 N–H and O–H groups in total. The predicted molar refractivity (Wildman–Crippen MR) is 115 cm³/mol. The van der Waals surface area contributed by atoms with Gasteiger partial charge in [0.25, 0.3) is 0 Å². The smallest absolute Gasteiger partial charge is 0.404 e. The van der Waals surface area contributed by atoms with E-state index in [0.29, 0.717) is 5.56 Å². The topological polar surface area (TPSA) is 132 Å². The van der Waals surface area contributed by atoms with Crippen LogP contribution < -0.4 is 10.5 Å². The molecule has 1 saturated carbocycles. The van der Waals surface area contributed by atoms with Crippen molar-refractivity contribution in [3.05, 3.63) is 29.4 Å². The van der Waals surface area contributed by atoms with Crippen LogP contribution in [0.1, 0.15) is 57.4 Å². The summed E-state index contributed by atoms with van der Waals surface area (Å²) in [4.78, 5) is 16.2. The Labute approximate surface area is 180 Å². The van der Waals surface area contributed by atoms with Crippen LogP contribution in [0, 0.1) is 0 Å². The zero-order valence-corrected chi connectivity index (χ0v) is 18.8. The van der Waals surface area contributed by atoms with Gasteiger partial charge in [0, 0.05) is 29.3 Å². The number of benzene rings is 1. The number of nitrogens with one attached hydrogen (secondary N) is 1. The number of hydrogen-bond donors (Lipinski definition) is 3. The number of nitrogens with zero attached hydrogens (tertiary/aromatic N) is 1. The van der Waals surface area contributed by atoms with Gasteiger partial charge in [0.1, 0.15) is 11.9 Å². The maximum Gasteiger partial charge on any atom is 0.404 e. The van der Waals surface area contributed by atoms with Crippen LogP contribution in [0.25, 0.3) is 10.4 Å². The number of primary amides is 1. The van der Waals surface area contributed by atoms with Crippen molar-refractivity contribution in [2.45, 2.75) is 68.9 Å². The van der Waals surface area contributed by atoms with Gasteiger partial charge in [0.2, 0.25) is 10.0 Å². The van der Waals surface area contributed by atoms with Crippen molar-refractivity contribution in [2.75, 3.05) is 0 Å². The zero-order valence-electron chi connectivity index (χ0n) is 17.2. The fraction of sp³-hybridized carbons (Fsp3) is 0.500. The standard InChI is InChI=1S/C20H27N3O5S2/c1-20(2,3)23-30(26,27)17-10-13(24)6-9-15(17)16-11-22-18(29-16)12-4-7-14(8-5-12)28-19(21)25/h6,9-12,14,23-24H,4-5,7-8H2,1-3H3,(H2,21,25)/t12-,14-. The second kappa shape index (κ2) is 8.52. The van der Waals surface area contributed by atoms with Gasteiger partial charge in [-0.15, -0.1) is 11.3 Å². The van der Waals surface area contributed by atoms with Crippen molar-refractivity contribution in [3.63, 3.8) is 0 Å². The van der Waals surface area contributed by atoms with E-state index >= 15 is 0 Å². The molecule has 1 aromatic carbocycles. The molecule has 0 atom stereocenters. The highest BCUT2D eigenvalue weighted by Crippen LogP contribution is 2.40. The fourth-order valence-electron chi connectivity index (χ4n) is 3.59. The summed E-state index contributed by atoms with van der Waals surface area (Å²) in [6.07, 6.45) is 3.84. The molecule has 30 heavy (non-hydrogen) atoms. The number of nitrogens with two attached hydrogens (primary N) is 1. The van der Waals surface area contributed by atoms with Gasteiger partial charge in [-0.2, -0.15) is 0 Å².